The second-order valence-electron chi connectivity index (χ2n) is 3.98. The van der Waals surface area contributed by atoms with Crippen molar-refractivity contribution in [3.8, 4) is 0 Å². The lowest BCUT2D eigenvalue weighted by Gasteiger charge is -2.06. The monoisotopic (exact) mass is 372 g/mol. The second-order valence-corrected chi connectivity index (χ2v) is 5.06. The summed E-state index contributed by atoms with van der Waals surface area (Å²) in [5.41, 5.74) is 0.294. The number of hydrogen-bond donors (Lipinski definition) is 0. The van der Waals surface area contributed by atoms with Gasteiger partial charge in [-0.2, -0.15) is 0 Å². The minimum Gasteiger partial charge on any atom is -0.292 e. The molecule has 0 aliphatic carbocycles. The van der Waals surface area contributed by atoms with Crippen LogP contribution >= 0.6 is 22.6 Å². The summed E-state index contributed by atoms with van der Waals surface area (Å²) in [4.78, 5) is 27.9. The van der Waals surface area contributed by atoms with Crippen molar-refractivity contribution < 1.29 is 9.18 Å². The van der Waals surface area contributed by atoms with Crippen LogP contribution in [0.2, 0.25) is 0 Å². The SMILES string of the molecule is Cc1ncn(CC(=O)c2ccccc2F)c(=O)c1I. The Kier molecular flexibility index (Phi) is 4.08. The van der Waals surface area contributed by atoms with Gasteiger partial charge in [-0.1, -0.05) is 12.1 Å². The molecular formula is C13H10FIN2O2. The minimum absolute atomic E-state index is 0.0232. The maximum Gasteiger partial charge on any atom is 0.267 e. The lowest BCUT2D eigenvalue weighted by atomic mass is 10.1. The van der Waals surface area contributed by atoms with Gasteiger partial charge < -0.3 is 0 Å². The first-order valence-corrected chi connectivity index (χ1v) is 6.58. The number of nitrogens with zero attached hydrogens (tertiary/aromatic N) is 2. The number of ketones is 1. The molecule has 0 aliphatic rings. The number of aryl methyl sites for hydroxylation is 1. The summed E-state index contributed by atoms with van der Waals surface area (Å²) in [5, 5.41) is 0. The van der Waals surface area contributed by atoms with E-state index in [0.717, 1.165) is 0 Å². The molecule has 0 saturated heterocycles. The van der Waals surface area contributed by atoms with Crippen molar-refractivity contribution in [2.45, 2.75) is 13.5 Å². The highest BCUT2D eigenvalue weighted by Gasteiger charge is 2.13. The number of aromatic nitrogens is 2. The molecule has 2 aromatic rings. The number of rotatable bonds is 3. The normalized spacial score (nSPS) is 10.5. The molecule has 0 fully saturated rings. The van der Waals surface area contributed by atoms with Crippen molar-refractivity contribution in [3.05, 3.63) is 61.6 Å². The number of hydrogen-bond acceptors (Lipinski definition) is 3. The van der Waals surface area contributed by atoms with E-state index in [1.165, 1.54) is 29.1 Å². The molecule has 1 aromatic heterocycles. The summed E-state index contributed by atoms with van der Waals surface area (Å²) in [5.74, 6) is -1.04. The molecule has 0 radical (unpaired) electrons. The largest absolute Gasteiger partial charge is 0.292 e. The van der Waals surface area contributed by atoms with Crippen LogP contribution in [0.1, 0.15) is 16.1 Å². The average Bonchev–Trinajstić information content (AvgIpc) is 2.40. The Balaban J connectivity index is 2.33. The first kappa shape index (κ1) is 13.9. The smallest absolute Gasteiger partial charge is 0.267 e. The summed E-state index contributed by atoms with van der Waals surface area (Å²) < 4.78 is 15.1. The van der Waals surface area contributed by atoms with Crippen LogP contribution in [0.5, 0.6) is 0 Å². The zero-order chi connectivity index (χ0) is 14.0. The Morgan fingerprint density at radius 3 is 2.79 bits per heavy atom. The molecule has 4 nitrogen and oxygen atoms in total. The Morgan fingerprint density at radius 1 is 1.42 bits per heavy atom. The van der Waals surface area contributed by atoms with Crippen LogP contribution in [0, 0.1) is 16.3 Å². The molecular weight excluding hydrogens is 362 g/mol. The van der Waals surface area contributed by atoms with Crippen LogP contribution in [-0.2, 0) is 6.54 Å². The van der Waals surface area contributed by atoms with Gasteiger partial charge in [-0.15, -0.1) is 0 Å². The Bertz CT molecular complexity index is 697. The van der Waals surface area contributed by atoms with E-state index in [-0.39, 0.29) is 17.7 Å². The molecule has 19 heavy (non-hydrogen) atoms. The van der Waals surface area contributed by atoms with Gasteiger partial charge in [0.25, 0.3) is 5.56 Å². The van der Waals surface area contributed by atoms with Crippen molar-refractivity contribution in [1.29, 1.82) is 0 Å². The highest BCUT2D eigenvalue weighted by atomic mass is 127. The minimum atomic E-state index is -0.588. The van der Waals surface area contributed by atoms with Crippen LogP contribution in [0.4, 0.5) is 4.39 Å². The number of carbonyl (C=O) groups excluding carboxylic acids is 1. The van der Waals surface area contributed by atoms with Gasteiger partial charge in [-0.3, -0.25) is 14.2 Å². The molecule has 0 amide bonds. The third-order valence-electron chi connectivity index (χ3n) is 2.65. The van der Waals surface area contributed by atoms with E-state index in [9.17, 15) is 14.0 Å². The molecule has 0 N–H and O–H groups in total. The van der Waals surface area contributed by atoms with E-state index in [1.807, 2.05) is 22.6 Å². The zero-order valence-electron chi connectivity index (χ0n) is 10.1. The average molecular weight is 372 g/mol. The molecule has 6 heteroatoms. The predicted octanol–water partition coefficient (Wildman–Crippen LogP) is 2.18. The van der Waals surface area contributed by atoms with Gasteiger partial charge in [-0.25, -0.2) is 9.37 Å². The first-order chi connectivity index (χ1) is 9.00. The fraction of sp³-hybridized carbons (Fsp3) is 0.154. The summed E-state index contributed by atoms with van der Waals surface area (Å²) in [7, 11) is 0. The molecule has 0 atom stereocenters. The first-order valence-electron chi connectivity index (χ1n) is 5.50. The lowest BCUT2D eigenvalue weighted by molar-refractivity contribution is 0.0966. The van der Waals surface area contributed by atoms with Crippen LogP contribution in [0.25, 0.3) is 0 Å². The summed E-state index contributed by atoms with van der Waals surface area (Å²) in [6, 6.07) is 5.70. The summed E-state index contributed by atoms with van der Waals surface area (Å²) >= 11 is 1.88. The molecule has 1 heterocycles. The van der Waals surface area contributed by atoms with Gasteiger partial charge in [0.05, 0.1) is 27.7 Å². The third-order valence-corrected chi connectivity index (χ3v) is 3.89. The van der Waals surface area contributed by atoms with Gasteiger partial charge >= 0.3 is 0 Å². The number of benzene rings is 1. The quantitative estimate of drug-likeness (QED) is 0.613. The number of halogens is 2. The third kappa shape index (κ3) is 2.89. The maximum atomic E-state index is 13.5. The molecule has 0 unspecified atom stereocenters. The fourth-order valence-electron chi connectivity index (χ4n) is 1.59. The van der Waals surface area contributed by atoms with E-state index >= 15 is 0 Å². The van der Waals surface area contributed by atoms with E-state index < -0.39 is 11.6 Å². The summed E-state index contributed by atoms with van der Waals surface area (Å²) in [6.45, 7) is 1.50. The highest BCUT2D eigenvalue weighted by Crippen LogP contribution is 2.08. The predicted molar refractivity (Wildman–Crippen MR) is 76.7 cm³/mol. The fourth-order valence-corrected chi connectivity index (χ4v) is 2.04. The van der Waals surface area contributed by atoms with Crippen LogP contribution in [-0.4, -0.2) is 15.3 Å². The zero-order valence-corrected chi connectivity index (χ0v) is 12.2. The summed E-state index contributed by atoms with van der Waals surface area (Å²) in [6.07, 6.45) is 1.30. The number of carbonyl (C=O) groups is 1. The van der Waals surface area contributed by atoms with Crippen molar-refractivity contribution >= 4 is 28.4 Å². The van der Waals surface area contributed by atoms with Crippen LogP contribution in [0.3, 0.4) is 0 Å². The molecule has 98 valence electrons. The van der Waals surface area contributed by atoms with Gasteiger partial charge in [0.1, 0.15) is 5.82 Å². The Hall–Kier alpha value is -1.57. The van der Waals surface area contributed by atoms with Gasteiger partial charge in [-0.05, 0) is 41.6 Å². The van der Waals surface area contributed by atoms with Crippen molar-refractivity contribution in [1.82, 2.24) is 9.55 Å². The number of Topliss-reactive ketones (excluding diaryl/α,β-unsaturated/α-hetero) is 1. The second kappa shape index (κ2) is 5.60. The molecule has 0 bridgehead atoms. The van der Waals surface area contributed by atoms with E-state index in [0.29, 0.717) is 9.26 Å². The van der Waals surface area contributed by atoms with Crippen molar-refractivity contribution in [2.75, 3.05) is 0 Å². The van der Waals surface area contributed by atoms with Gasteiger partial charge in [0.2, 0.25) is 0 Å². The Morgan fingerprint density at radius 2 is 2.11 bits per heavy atom. The molecule has 2 rings (SSSR count). The van der Waals surface area contributed by atoms with Crippen LogP contribution < -0.4 is 5.56 Å². The van der Waals surface area contributed by atoms with E-state index in [4.69, 9.17) is 0 Å². The topological polar surface area (TPSA) is 52.0 Å². The molecule has 0 spiro atoms. The maximum absolute atomic E-state index is 13.5. The van der Waals surface area contributed by atoms with Gasteiger partial charge in [0, 0.05) is 0 Å². The van der Waals surface area contributed by atoms with Gasteiger partial charge in [0.15, 0.2) is 5.78 Å². The Labute approximate surface area is 122 Å². The standard InChI is InChI=1S/C13H10FIN2O2/c1-8-12(15)13(19)17(7-16-8)6-11(18)9-4-2-3-5-10(9)14/h2-5,7H,6H2,1H3. The van der Waals surface area contributed by atoms with Crippen molar-refractivity contribution in [2.24, 2.45) is 0 Å². The molecule has 0 aliphatic heterocycles. The molecule has 0 saturated carbocycles. The van der Waals surface area contributed by atoms with Crippen LogP contribution in [0.15, 0.2) is 35.4 Å². The lowest BCUT2D eigenvalue weighted by Crippen LogP contribution is -2.27. The van der Waals surface area contributed by atoms with E-state index in [2.05, 4.69) is 4.98 Å². The highest BCUT2D eigenvalue weighted by molar-refractivity contribution is 14.1. The van der Waals surface area contributed by atoms with E-state index in [1.54, 1.807) is 13.0 Å². The molecule has 1 aromatic carbocycles. The van der Waals surface area contributed by atoms with Crippen molar-refractivity contribution in [3.63, 3.8) is 0 Å².